The highest BCUT2D eigenvalue weighted by Crippen LogP contribution is 2.16. The number of hydrogen-bond acceptors (Lipinski definition) is 5. The Balaban J connectivity index is 2.14. The Morgan fingerprint density at radius 3 is 2.67 bits per heavy atom. The van der Waals surface area contributed by atoms with Gasteiger partial charge in [0.05, 0.1) is 17.6 Å². The first-order chi connectivity index (χ1) is 10.0. The maximum atomic E-state index is 12.3. The number of thiophene rings is 1. The molecule has 2 aromatic rings. The minimum absolute atomic E-state index is 0.0311. The number of carbonyl (C=O) groups excluding carboxylic acids is 1. The van der Waals surface area contributed by atoms with E-state index in [-0.39, 0.29) is 17.0 Å². The molecule has 7 heteroatoms. The summed E-state index contributed by atoms with van der Waals surface area (Å²) in [5.41, 5.74) is 0.0311. The molecule has 0 aliphatic carbocycles. The molecule has 1 heterocycles. The van der Waals surface area contributed by atoms with Crippen LogP contribution >= 0.6 is 11.3 Å². The number of nitrogens with one attached hydrogen (secondary N) is 1. The van der Waals surface area contributed by atoms with E-state index in [9.17, 15) is 13.2 Å². The van der Waals surface area contributed by atoms with Gasteiger partial charge in [0, 0.05) is 11.4 Å². The number of methoxy groups -OCH3 is 1. The summed E-state index contributed by atoms with van der Waals surface area (Å²) in [6.07, 6.45) is 0.608. The summed E-state index contributed by atoms with van der Waals surface area (Å²) in [6.45, 7) is 0.276. The van der Waals surface area contributed by atoms with Crippen molar-refractivity contribution < 1.29 is 17.9 Å². The van der Waals surface area contributed by atoms with Gasteiger partial charge in [-0.15, -0.1) is 11.3 Å². The molecule has 0 fully saturated rings. The number of esters is 1. The van der Waals surface area contributed by atoms with Crippen molar-refractivity contribution >= 4 is 27.3 Å². The topological polar surface area (TPSA) is 72.5 Å². The van der Waals surface area contributed by atoms with Crippen LogP contribution in [0.1, 0.15) is 15.2 Å². The maximum Gasteiger partial charge on any atom is 0.339 e. The van der Waals surface area contributed by atoms with Crippen molar-refractivity contribution in [2.45, 2.75) is 11.3 Å². The van der Waals surface area contributed by atoms with E-state index in [1.807, 2.05) is 17.5 Å². The Labute approximate surface area is 127 Å². The lowest BCUT2D eigenvalue weighted by Crippen LogP contribution is -2.27. The molecular formula is C14H15NO4S2. The SMILES string of the molecule is COC(=O)c1ccccc1S(=O)(=O)NCCc1cccs1. The number of hydrogen-bond donors (Lipinski definition) is 1. The van der Waals surface area contributed by atoms with Crippen molar-refractivity contribution in [3.63, 3.8) is 0 Å². The third-order valence-electron chi connectivity index (χ3n) is 2.83. The number of ether oxygens (including phenoxy) is 1. The Hall–Kier alpha value is -1.70. The molecule has 0 saturated carbocycles. The fourth-order valence-corrected chi connectivity index (χ4v) is 3.75. The fourth-order valence-electron chi connectivity index (χ4n) is 1.82. The zero-order chi connectivity index (χ0) is 15.3. The van der Waals surface area contributed by atoms with Crippen LogP contribution < -0.4 is 4.72 Å². The standard InChI is InChI=1S/C14H15NO4S2/c1-19-14(16)12-6-2-3-7-13(12)21(17,18)15-9-8-11-5-4-10-20-11/h2-7,10,15H,8-9H2,1H3. The van der Waals surface area contributed by atoms with Gasteiger partial charge in [-0.3, -0.25) is 0 Å². The summed E-state index contributed by atoms with van der Waals surface area (Å²) in [4.78, 5) is 12.7. The van der Waals surface area contributed by atoms with E-state index in [2.05, 4.69) is 9.46 Å². The lowest BCUT2D eigenvalue weighted by molar-refractivity contribution is 0.0596. The molecule has 1 aromatic heterocycles. The molecule has 2 rings (SSSR count). The highest BCUT2D eigenvalue weighted by Gasteiger charge is 2.22. The Kier molecular flexibility index (Phi) is 5.11. The van der Waals surface area contributed by atoms with Crippen molar-refractivity contribution in [3.05, 3.63) is 52.2 Å². The molecule has 0 spiro atoms. The van der Waals surface area contributed by atoms with Crippen LogP contribution in [0, 0.1) is 0 Å². The van der Waals surface area contributed by atoms with Crippen molar-refractivity contribution in [2.75, 3.05) is 13.7 Å². The van der Waals surface area contributed by atoms with Gasteiger partial charge in [0.15, 0.2) is 0 Å². The third kappa shape index (κ3) is 3.90. The van der Waals surface area contributed by atoms with Crippen LogP contribution in [0.15, 0.2) is 46.7 Å². The van der Waals surface area contributed by atoms with Crippen LogP contribution in [0.3, 0.4) is 0 Å². The van der Waals surface area contributed by atoms with Crippen LogP contribution in [0.5, 0.6) is 0 Å². The maximum absolute atomic E-state index is 12.3. The monoisotopic (exact) mass is 325 g/mol. The summed E-state index contributed by atoms with van der Waals surface area (Å²) < 4.78 is 31.7. The lowest BCUT2D eigenvalue weighted by Gasteiger charge is -2.09. The van der Waals surface area contributed by atoms with E-state index in [0.717, 1.165) is 4.88 Å². The van der Waals surface area contributed by atoms with Crippen molar-refractivity contribution in [3.8, 4) is 0 Å². The quantitative estimate of drug-likeness (QED) is 0.825. The second-order valence-electron chi connectivity index (χ2n) is 4.21. The van der Waals surface area contributed by atoms with Gasteiger partial charge in [0.2, 0.25) is 10.0 Å². The van der Waals surface area contributed by atoms with Crippen molar-refractivity contribution in [1.29, 1.82) is 0 Å². The molecule has 0 aliphatic rings. The molecule has 0 unspecified atom stereocenters. The molecule has 5 nitrogen and oxygen atoms in total. The van der Waals surface area contributed by atoms with Gasteiger partial charge in [0.1, 0.15) is 0 Å². The molecule has 1 N–H and O–H groups in total. The molecule has 21 heavy (non-hydrogen) atoms. The molecule has 1 aromatic carbocycles. The molecule has 0 atom stereocenters. The third-order valence-corrected chi connectivity index (χ3v) is 5.28. The second kappa shape index (κ2) is 6.84. The average Bonchev–Trinajstić information content (AvgIpc) is 2.99. The molecule has 0 bridgehead atoms. The van der Waals surface area contributed by atoms with Crippen LogP contribution in [0.4, 0.5) is 0 Å². The van der Waals surface area contributed by atoms with Gasteiger partial charge in [-0.25, -0.2) is 17.9 Å². The Morgan fingerprint density at radius 2 is 2.00 bits per heavy atom. The number of carbonyl (C=O) groups is 1. The van der Waals surface area contributed by atoms with Gasteiger partial charge in [0.25, 0.3) is 0 Å². The van der Waals surface area contributed by atoms with Gasteiger partial charge >= 0.3 is 5.97 Å². The Morgan fingerprint density at radius 1 is 1.24 bits per heavy atom. The Bertz CT molecular complexity index is 708. The van der Waals surface area contributed by atoms with Gasteiger partial charge in [-0.2, -0.15) is 0 Å². The highest BCUT2D eigenvalue weighted by atomic mass is 32.2. The molecule has 112 valence electrons. The van der Waals surface area contributed by atoms with Crippen LogP contribution in [-0.4, -0.2) is 28.0 Å². The molecular weight excluding hydrogens is 310 g/mol. The molecule has 0 radical (unpaired) electrons. The fraction of sp³-hybridized carbons (Fsp3) is 0.214. The number of rotatable bonds is 6. The highest BCUT2D eigenvalue weighted by molar-refractivity contribution is 7.89. The van der Waals surface area contributed by atoms with Gasteiger partial charge < -0.3 is 4.74 Å². The smallest absolute Gasteiger partial charge is 0.339 e. The van der Waals surface area contributed by atoms with E-state index < -0.39 is 16.0 Å². The van der Waals surface area contributed by atoms with E-state index in [1.165, 1.54) is 19.2 Å². The molecule has 0 amide bonds. The summed E-state index contributed by atoms with van der Waals surface area (Å²) in [7, 11) is -2.53. The predicted molar refractivity (Wildman–Crippen MR) is 81.0 cm³/mol. The van der Waals surface area contributed by atoms with Gasteiger partial charge in [-0.05, 0) is 30.0 Å². The van der Waals surface area contributed by atoms with E-state index in [4.69, 9.17) is 0 Å². The number of sulfonamides is 1. The zero-order valence-electron chi connectivity index (χ0n) is 11.4. The van der Waals surface area contributed by atoms with Crippen LogP contribution in [0.2, 0.25) is 0 Å². The summed E-state index contributed by atoms with van der Waals surface area (Å²) in [5, 5.41) is 1.94. The molecule has 0 aliphatic heterocycles. The normalized spacial score (nSPS) is 11.3. The minimum atomic E-state index is -3.75. The number of benzene rings is 1. The minimum Gasteiger partial charge on any atom is -0.465 e. The van der Waals surface area contributed by atoms with E-state index >= 15 is 0 Å². The average molecular weight is 325 g/mol. The first-order valence-corrected chi connectivity index (χ1v) is 8.60. The van der Waals surface area contributed by atoms with Crippen LogP contribution in [0.25, 0.3) is 0 Å². The van der Waals surface area contributed by atoms with E-state index in [1.54, 1.807) is 23.5 Å². The zero-order valence-corrected chi connectivity index (χ0v) is 13.0. The summed E-state index contributed by atoms with van der Waals surface area (Å²) in [5.74, 6) is -0.672. The van der Waals surface area contributed by atoms with Crippen LogP contribution in [-0.2, 0) is 21.2 Å². The first-order valence-electron chi connectivity index (χ1n) is 6.24. The predicted octanol–water partition coefficient (Wildman–Crippen LogP) is 2.06. The first kappa shape index (κ1) is 15.7. The van der Waals surface area contributed by atoms with Crippen molar-refractivity contribution in [2.24, 2.45) is 0 Å². The van der Waals surface area contributed by atoms with Gasteiger partial charge in [-0.1, -0.05) is 18.2 Å². The second-order valence-corrected chi connectivity index (χ2v) is 6.98. The van der Waals surface area contributed by atoms with Crippen molar-refractivity contribution in [1.82, 2.24) is 4.72 Å². The largest absolute Gasteiger partial charge is 0.465 e. The molecule has 0 saturated heterocycles. The summed E-state index contributed by atoms with van der Waals surface area (Å²) >= 11 is 1.57. The summed E-state index contributed by atoms with van der Waals surface area (Å²) in [6, 6.07) is 9.85. The van der Waals surface area contributed by atoms with E-state index in [0.29, 0.717) is 6.42 Å². The lowest BCUT2D eigenvalue weighted by atomic mass is 10.2.